The lowest BCUT2D eigenvalue weighted by atomic mass is 10.6. The van der Waals surface area contributed by atoms with Gasteiger partial charge in [0.25, 0.3) is 0 Å². The van der Waals surface area contributed by atoms with Crippen LogP contribution < -0.4 is 0 Å². The predicted molar refractivity (Wildman–Crippen MR) is 34.6 cm³/mol. The van der Waals surface area contributed by atoms with E-state index >= 15 is 0 Å². The number of hydrogen-bond acceptors (Lipinski definition) is 3. The molecule has 0 saturated carbocycles. The summed E-state index contributed by atoms with van der Waals surface area (Å²) in [6, 6.07) is 0. The van der Waals surface area contributed by atoms with E-state index in [9.17, 15) is 0 Å². The molecule has 0 aliphatic heterocycles. The Hall–Kier alpha value is 0.240. The molecule has 0 radical (unpaired) electrons. The Kier molecular flexibility index (Phi) is 2.52. The fourth-order valence-corrected chi connectivity index (χ4v) is 0. The Bertz CT molecular complexity index is 59.8. The third kappa shape index (κ3) is 2.48. The molecule has 1 nitrogen and oxygen atoms in total. The van der Waals surface area contributed by atoms with Crippen LogP contribution in [0.25, 0.3) is 0 Å². The standard InChI is InChI=1S/C3H7NS2/c1-3(2)4(5)6/h5-6H,1H2,2H3. The van der Waals surface area contributed by atoms with Gasteiger partial charge in [-0.15, -0.1) is 0 Å². The maximum atomic E-state index is 3.79. The Labute approximate surface area is 49.1 Å². The fourth-order valence-electron chi connectivity index (χ4n) is 0. The Balaban J connectivity index is 3.26. The van der Waals surface area contributed by atoms with Gasteiger partial charge in [-0.3, -0.25) is 3.71 Å². The summed E-state index contributed by atoms with van der Waals surface area (Å²) in [5.41, 5.74) is 0.821. The topological polar surface area (TPSA) is 3.24 Å². The van der Waals surface area contributed by atoms with Crippen molar-refractivity contribution in [3.8, 4) is 0 Å². The van der Waals surface area contributed by atoms with E-state index in [1.165, 1.54) is 3.71 Å². The van der Waals surface area contributed by atoms with Crippen LogP contribution in [0, 0.1) is 0 Å². The molecule has 6 heavy (non-hydrogen) atoms. The molecular formula is C3H7NS2. The molecule has 0 saturated heterocycles. The van der Waals surface area contributed by atoms with Crippen LogP contribution in [0.1, 0.15) is 6.92 Å². The molecule has 0 aliphatic carbocycles. The van der Waals surface area contributed by atoms with Gasteiger partial charge in [0.05, 0.1) is 0 Å². The summed E-state index contributed by atoms with van der Waals surface area (Å²) in [4.78, 5) is 0. The second kappa shape index (κ2) is 2.42. The third-order valence-corrected chi connectivity index (χ3v) is 1.02. The normalized spacial score (nSPS) is 7.83. The molecule has 0 aromatic rings. The summed E-state index contributed by atoms with van der Waals surface area (Å²) < 4.78 is 1.36. The number of hydrogen-bond donors (Lipinski definition) is 2. The third-order valence-electron chi connectivity index (χ3n) is 0.341. The molecule has 0 heterocycles. The van der Waals surface area contributed by atoms with Crippen LogP contribution in [0.3, 0.4) is 0 Å². The maximum Gasteiger partial charge on any atom is 0.0260 e. The van der Waals surface area contributed by atoms with Crippen molar-refractivity contribution in [1.82, 2.24) is 3.71 Å². The highest BCUT2D eigenvalue weighted by molar-refractivity contribution is 7.93. The van der Waals surface area contributed by atoms with Crippen LogP contribution in [0.4, 0.5) is 0 Å². The number of allylic oxidation sites excluding steroid dienone is 1. The lowest BCUT2D eigenvalue weighted by Crippen LogP contribution is -1.88. The Morgan fingerprint density at radius 1 is 1.67 bits per heavy atom. The van der Waals surface area contributed by atoms with E-state index in [0.717, 1.165) is 5.70 Å². The molecule has 0 N–H and O–H groups in total. The van der Waals surface area contributed by atoms with Gasteiger partial charge in [0, 0.05) is 5.70 Å². The lowest BCUT2D eigenvalue weighted by Gasteiger charge is -2.04. The molecule has 0 atom stereocenters. The predicted octanol–water partition coefficient (Wildman–Crippen LogP) is 1.51. The van der Waals surface area contributed by atoms with E-state index in [-0.39, 0.29) is 0 Å². The van der Waals surface area contributed by atoms with Crippen LogP contribution in [0.15, 0.2) is 12.3 Å². The van der Waals surface area contributed by atoms with Gasteiger partial charge in [0.2, 0.25) is 0 Å². The average Bonchev–Trinajstić information content (AvgIpc) is 1.36. The average molecular weight is 121 g/mol. The van der Waals surface area contributed by atoms with Crippen LogP contribution >= 0.6 is 25.6 Å². The largest absolute Gasteiger partial charge is 0.269 e. The molecule has 0 aromatic carbocycles. The van der Waals surface area contributed by atoms with Crippen molar-refractivity contribution < 1.29 is 0 Å². The fraction of sp³-hybridized carbons (Fsp3) is 0.333. The molecule has 0 unspecified atom stereocenters. The van der Waals surface area contributed by atoms with Crippen LogP contribution in [-0.4, -0.2) is 3.71 Å². The van der Waals surface area contributed by atoms with Crippen molar-refractivity contribution in [2.24, 2.45) is 0 Å². The van der Waals surface area contributed by atoms with Gasteiger partial charge in [-0.1, -0.05) is 32.2 Å². The van der Waals surface area contributed by atoms with E-state index in [4.69, 9.17) is 0 Å². The zero-order valence-electron chi connectivity index (χ0n) is 3.55. The summed E-state index contributed by atoms with van der Waals surface area (Å²) in [6.07, 6.45) is 0. The van der Waals surface area contributed by atoms with Gasteiger partial charge in [-0.05, 0) is 6.92 Å². The van der Waals surface area contributed by atoms with Gasteiger partial charge in [-0.25, -0.2) is 0 Å². The van der Waals surface area contributed by atoms with Gasteiger partial charge >= 0.3 is 0 Å². The van der Waals surface area contributed by atoms with Crippen molar-refractivity contribution in [3.63, 3.8) is 0 Å². The van der Waals surface area contributed by atoms with E-state index in [2.05, 4.69) is 32.2 Å². The molecule has 0 aromatic heterocycles. The summed E-state index contributed by atoms with van der Waals surface area (Å²) in [7, 11) is 0. The highest BCUT2D eigenvalue weighted by Gasteiger charge is 1.82. The molecule has 0 fully saturated rings. The summed E-state index contributed by atoms with van der Waals surface area (Å²) in [5, 5.41) is 0. The molecule has 0 bridgehead atoms. The first-order valence-electron chi connectivity index (χ1n) is 1.48. The first-order chi connectivity index (χ1) is 2.64. The zero-order chi connectivity index (χ0) is 5.15. The SMILES string of the molecule is C=C(C)N(S)S. The highest BCUT2D eigenvalue weighted by Crippen LogP contribution is 2.04. The molecule has 0 rings (SSSR count). The van der Waals surface area contributed by atoms with E-state index < -0.39 is 0 Å². The van der Waals surface area contributed by atoms with Crippen LogP contribution in [0.2, 0.25) is 0 Å². The van der Waals surface area contributed by atoms with Crippen LogP contribution in [-0.2, 0) is 0 Å². The monoisotopic (exact) mass is 121 g/mol. The quantitative estimate of drug-likeness (QED) is 0.497. The minimum absolute atomic E-state index is 0.821. The first-order valence-corrected chi connectivity index (χ1v) is 2.28. The molecule has 0 spiro atoms. The minimum atomic E-state index is 0.821. The van der Waals surface area contributed by atoms with Crippen molar-refractivity contribution >= 4 is 25.6 Å². The maximum absolute atomic E-state index is 3.79. The Morgan fingerprint density at radius 2 is 1.83 bits per heavy atom. The van der Waals surface area contributed by atoms with E-state index in [1.54, 1.807) is 0 Å². The zero-order valence-corrected chi connectivity index (χ0v) is 5.34. The number of thiol groups is 2. The Morgan fingerprint density at radius 3 is 1.83 bits per heavy atom. The van der Waals surface area contributed by atoms with Crippen molar-refractivity contribution in [1.29, 1.82) is 0 Å². The van der Waals surface area contributed by atoms with E-state index in [0.29, 0.717) is 0 Å². The molecule has 3 heteroatoms. The summed E-state index contributed by atoms with van der Waals surface area (Å²) in [5.74, 6) is 0. The summed E-state index contributed by atoms with van der Waals surface area (Å²) in [6.45, 7) is 5.35. The smallest absolute Gasteiger partial charge is 0.0260 e. The van der Waals surface area contributed by atoms with Crippen molar-refractivity contribution in [2.45, 2.75) is 6.92 Å². The summed E-state index contributed by atoms with van der Waals surface area (Å²) >= 11 is 7.58. The molecular weight excluding hydrogens is 114 g/mol. The van der Waals surface area contributed by atoms with E-state index in [1.807, 2.05) is 6.92 Å². The van der Waals surface area contributed by atoms with Crippen molar-refractivity contribution in [2.75, 3.05) is 0 Å². The first kappa shape index (κ1) is 6.24. The van der Waals surface area contributed by atoms with Gasteiger partial charge in [0.1, 0.15) is 0 Å². The van der Waals surface area contributed by atoms with Gasteiger partial charge < -0.3 is 0 Å². The molecule has 36 valence electrons. The minimum Gasteiger partial charge on any atom is -0.269 e. The van der Waals surface area contributed by atoms with Crippen molar-refractivity contribution in [3.05, 3.63) is 12.3 Å². The van der Waals surface area contributed by atoms with Gasteiger partial charge in [-0.2, -0.15) is 0 Å². The van der Waals surface area contributed by atoms with Gasteiger partial charge in [0.15, 0.2) is 0 Å². The lowest BCUT2D eigenvalue weighted by molar-refractivity contribution is 0.956. The molecule has 0 amide bonds. The number of nitrogens with zero attached hydrogens (tertiary/aromatic N) is 1. The second-order valence-corrected chi connectivity index (χ2v) is 2.14. The highest BCUT2D eigenvalue weighted by atomic mass is 32.2. The number of rotatable bonds is 1. The molecule has 0 aliphatic rings. The second-order valence-electron chi connectivity index (χ2n) is 1.02. The van der Waals surface area contributed by atoms with Crippen LogP contribution in [0.5, 0.6) is 0 Å².